The number of ether oxygens (including phenoxy) is 1. The number of hydrogen-bond acceptors (Lipinski definition) is 6. The monoisotopic (exact) mass is 403 g/mol. The summed E-state index contributed by atoms with van der Waals surface area (Å²) in [6.07, 6.45) is 1.74. The number of nitrogens with one attached hydrogen (secondary N) is 1. The summed E-state index contributed by atoms with van der Waals surface area (Å²) in [6.45, 7) is 0.730. The van der Waals surface area contributed by atoms with Gasteiger partial charge in [-0.3, -0.25) is 4.79 Å². The molecule has 2 aromatic heterocycles. The Morgan fingerprint density at radius 3 is 2.85 bits per heavy atom. The van der Waals surface area contributed by atoms with E-state index in [4.69, 9.17) is 4.74 Å². The van der Waals surface area contributed by atoms with E-state index in [1.807, 2.05) is 23.6 Å². The number of carbonyl (C=O) groups is 1. The predicted octanol–water partition coefficient (Wildman–Crippen LogP) is 3.77. The van der Waals surface area contributed by atoms with E-state index in [1.54, 1.807) is 29.7 Å². The van der Waals surface area contributed by atoms with Crippen LogP contribution in [0.15, 0.2) is 59.2 Å². The molecule has 3 rings (SSSR count). The second-order valence-corrected chi connectivity index (χ2v) is 7.53. The van der Waals surface area contributed by atoms with Crippen LogP contribution < -0.4 is 5.32 Å². The smallest absolute Gasteiger partial charge is 0.246 e. The van der Waals surface area contributed by atoms with E-state index in [9.17, 15) is 9.18 Å². The normalized spacial score (nSPS) is 10.7. The molecule has 0 aliphatic carbocycles. The van der Waals surface area contributed by atoms with E-state index in [0.717, 1.165) is 16.1 Å². The first kappa shape index (κ1) is 19.5. The quantitative estimate of drug-likeness (QED) is 0.335. The third-order valence-corrected chi connectivity index (χ3v) is 5.23. The van der Waals surface area contributed by atoms with Gasteiger partial charge in [0.2, 0.25) is 5.91 Å². The molecule has 0 saturated heterocycles. The summed E-state index contributed by atoms with van der Waals surface area (Å²) in [5.74, 6) is 0.183. The molecule has 0 aliphatic rings. The van der Waals surface area contributed by atoms with Crippen molar-refractivity contribution in [3.8, 4) is 10.6 Å². The van der Waals surface area contributed by atoms with E-state index in [2.05, 4.69) is 15.3 Å². The summed E-state index contributed by atoms with van der Waals surface area (Å²) < 4.78 is 18.1. The Bertz CT molecular complexity index is 858. The molecule has 0 radical (unpaired) electrons. The van der Waals surface area contributed by atoms with Gasteiger partial charge in [-0.2, -0.15) is 0 Å². The highest BCUT2D eigenvalue weighted by Crippen LogP contribution is 2.24. The maximum Gasteiger partial charge on any atom is 0.246 e. The van der Waals surface area contributed by atoms with Crippen LogP contribution in [0.2, 0.25) is 0 Å². The molecule has 2 heterocycles. The number of amides is 1. The van der Waals surface area contributed by atoms with Gasteiger partial charge in [0, 0.05) is 18.5 Å². The first-order valence-electron chi connectivity index (χ1n) is 8.29. The molecule has 3 aromatic rings. The zero-order valence-electron chi connectivity index (χ0n) is 14.4. The van der Waals surface area contributed by atoms with Crippen LogP contribution in [0.25, 0.3) is 10.6 Å². The lowest BCUT2D eigenvalue weighted by atomic mass is 10.2. The van der Waals surface area contributed by atoms with Crippen LogP contribution in [-0.4, -0.2) is 34.8 Å². The van der Waals surface area contributed by atoms with Gasteiger partial charge < -0.3 is 10.1 Å². The fraction of sp³-hybridized carbons (Fsp3) is 0.211. The lowest BCUT2D eigenvalue weighted by Gasteiger charge is -2.06. The Morgan fingerprint density at radius 2 is 2.07 bits per heavy atom. The van der Waals surface area contributed by atoms with Gasteiger partial charge >= 0.3 is 0 Å². The summed E-state index contributed by atoms with van der Waals surface area (Å²) in [7, 11) is 0. The molecule has 0 fully saturated rings. The largest absolute Gasteiger partial charge is 0.367 e. The SMILES string of the molecule is O=C(COCc1ccc(F)cc1)NCCSc1nccc(-c2cccs2)n1. The number of halogens is 1. The predicted molar refractivity (Wildman–Crippen MR) is 105 cm³/mol. The average molecular weight is 404 g/mol. The van der Waals surface area contributed by atoms with Crippen LogP contribution in [0, 0.1) is 5.82 Å². The number of carbonyl (C=O) groups excluding carboxylic acids is 1. The highest BCUT2D eigenvalue weighted by atomic mass is 32.2. The van der Waals surface area contributed by atoms with Crippen LogP contribution in [0.1, 0.15) is 5.56 Å². The Kier molecular flexibility index (Phi) is 7.32. The summed E-state index contributed by atoms with van der Waals surface area (Å²) in [5.41, 5.74) is 1.73. The van der Waals surface area contributed by atoms with E-state index < -0.39 is 0 Å². The van der Waals surface area contributed by atoms with E-state index in [1.165, 1.54) is 23.9 Å². The van der Waals surface area contributed by atoms with Gasteiger partial charge in [0.1, 0.15) is 12.4 Å². The molecule has 0 saturated carbocycles. The molecule has 27 heavy (non-hydrogen) atoms. The number of rotatable bonds is 9. The Hall–Kier alpha value is -2.29. The molecule has 1 N–H and O–H groups in total. The van der Waals surface area contributed by atoms with Crippen LogP contribution in [0.5, 0.6) is 0 Å². The highest BCUT2D eigenvalue weighted by Gasteiger charge is 2.05. The Morgan fingerprint density at radius 1 is 1.22 bits per heavy atom. The van der Waals surface area contributed by atoms with Crippen LogP contribution in [0.4, 0.5) is 4.39 Å². The van der Waals surface area contributed by atoms with Crippen molar-refractivity contribution in [3.63, 3.8) is 0 Å². The second kappa shape index (κ2) is 10.1. The fourth-order valence-corrected chi connectivity index (χ4v) is 3.58. The Labute approximate surface area is 165 Å². The Balaban J connectivity index is 1.33. The minimum atomic E-state index is -0.293. The summed E-state index contributed by atoms with van der Waals surface area (Å²) in [5, 5.41) is 5.49. The third kappa shape index (κ3) is 6.42. The average Bonchev–Trinajstić information content (AvgIpc) is 3.22. The molecular formula is C19H18FN3O2S2. The lowest BCUT2D eigenvalue weighted by molar-refractivity contribution is -0.125. The van der Waals surface area contributed by atoms with Crippen LogP contribution in [-0.2, 0) is 16.1 Å². The number of thiophene rings is 1. The zero-order valence-corrected chi connectivity index (χ0v) is 16.1. The number of aromatic nitrogens is 2. The molecule has 0 atom stereocenters. The second-order valence-electron chi connectivity index (χ2n) is 5.52. The van der Waals surface area contributed by atoms with Crippen molar-refractivity contribution in [1.29, 1.82) is 0 Å². The summed E-state index contributed by atoms with van der Waals surface area (Å²) in [6, 6.07) is 11.9. The molecular weight excluding hydrogens is 385 g/mol. The van der Waals surface area contributed by atoms with Crippen molar-refractivity contribution < 1.29 is 13.9 Å². The number of nitrogens with zero attached hydrogens (tertiary/aromatic N) is 2. The molecule has 140 valence electrons. The van der Waals surface area contributed by atoms with E-state index in [0.29, 0.717) is 17.5 Å². The molecule has 1 amide bonds. The fourth-order valence-electron chi connectivity index (χ4n) is 2.20. The number of hydrogen-bond donors (Lipinski definition) is 1. The maximum absolute atomic E-state index is 12.8. The molecule has 0 unspecified atom stereocenters. The van der Waals surface area contributed by atoms with Gasteiger partial charge in [-0.25, -0.2) is 14.4 Å². The minimum Gasteiger partial charge on any atom is -0.367 e. The van der Waals surface area contributed by atoms with Crippen molar-refractivity contribution in [3.05, 3.63) is 65.4 Å². The van der Waals surface area contributed by atoms with Crippen LogP contribution >= 0.6 is 23.1 Å². The van der Waals surface area contributed by atoms with Gasteiger partial charge in [0.25, 0.3) is 0 Å². The molecule has 1 aromatic carbocycles. The van der Waals surface area contributed by atoms with Gasteiger partial charge in [0.15, 0.2) is 5.16 Å². The first-order chi connectivity index (χ1) is 13.2. The van der Waals surface area contributed by atoms with Crippen molar-refractivity contribution in [1.82, 2.24) is 15.3 Å². The van der Waals surface area contributed by atoms with Gasteiger partial charge in [-0.05, 0) is 35.2 Å². The van der Waals surface area contributed by atoms with E-state index in [-0.39, 0.29) is 24.9 Å². The van der Waals surface area contributed by atoms with Crippen LogP contribution in [0.3, 0.4) is 0 Å². The van der Waals surface area contributed by atoms with Crippen molar-refractivity contribution >= 4 is 29.0 Å². The van der Waals surface area contributed by atoms with Gasteiger partial charge in [0.05, 0.1) is 17.2 Å². The topological polar surface area (TPSA) is 64.1 Å². The van der Waals surface area contributed by atoms with Crippen molar-refractivity contribution in [2.24, 2.45) is 0 Å². The molecule has 0 aliphatic heterocycles. The van der Waals surface area contributed by atoms with Gasteiger partial charge in [-0.1, -0.05) is 30.0 Å². The molecule has 0 bridgehead atoms. The van der Waals surface area contributed by atoms with Crippen molar-refractivity contribution in [2.75, 3.05) is 18.9 Å². The number of benzene rings is 1. The number of thioether (sulfide) groups is 1. The lowest BCUT2D eigenvalue weighted by Crippen LogP contribution is -2.29. The summed E-state index contributed by atoms with van der Waals surface area (Å²) >= 11 is 3.12. The van der Waals surface area contributed by atoms with E-state index >= 15 is 0 Å². The molecule has 5 nitrogen and oxygen atoms in total. The minimum absolute atomic E-state index is 0.0353. The third-order valence-electron chi connectivity index (χ3n) is 3.48. The molecule has 8 heteroatoms. The molecule has 0 spiro atoms. The summed E-state index contributed by atoms with van der Waals surface area (Å²) in [4.78, 5) is 21.6. The highest BCUT2D eigenvalue weighted by molar-refractivity contribution is 7.99. The standard InChI is InChI=1S/C19H18FN3O2S2/c20-15-5-3-14(4-6-15)12-25-13-18(24)21-9-11-27-19-22-8-7-16(23-19)17-2-1-10-26-17/h1-8,10H,9,11-13H2,(H,21,24). The first-order valence-corrected chi connectivity index (χ1v) is 10.2. The maximum atomic E-state index is 12.8. The zero-order chi connectivity index (χ0) is 18.9. The van der Waals surface area contributed by atoms with Crippen molar-refractivity contribution in [2.45, 2.75) is 11.8 Å². The van der Waals surface area contributed by atoms with Gasteiger partial charge in [-0.15, -0.1) is 11.3 Å².